The van der Waals surface area contributed by atoms with Gasteiger partial charge in [0.05, 0.1) is 5.75 Å². The Balaban J connectivity index is 1.72. The Morgan fingerprint density at radius 1 is 1.25 bits per heavy atom. The highest BCUT2D eigenvalue weighted by atomic mass is 79.9. The molecule has 0 bridgehead atoms. The van der Waals surface area contributed by atoms with E-state index < -0.39 is 0 Å². The Kier molecular flexibility index (Phi) is 6.70. The first-order valence-electron chi connectivity index (χ1n) is 8.78. The zero-order valence-electron chi connectivity index (χ0n) is 15.8. The fourth-order valence-corrected chi connectivity index (χ4v) is 3.73. The van der Waals surface area contributed by atoms with E-state index in [1.54, 1.807) is 6.08 Å². The van der Waals surface area contributed by atoms with E-state index in [4.69, 9.17) is 0 Å². The van der Waals surface area contributed by atoms with E-state index in [2.05, 4.69) is 44.1 Å². The molecular weight excluding hydrogens is 436 g/mol. The molecule has 144 valence electrons. The second-order valence-corrected chi connectivity index (χ2v) is 8.17. The second-order valence-electron chi connectivity index (χ2n) is 6.38. The van der Waals surface area contributed by atoms with E-state index in [0.29, 0.717) is 11.7 Å². The lowest BCUT2D eigenvalue weighted by Crippen LogP contribution is -2.14. The van der Waals surface area contributed by atoms with Crippen molar-refractivity contribution in [2.45, 2.75) is 25.5 Å². The molecule has 0 aliphatic rings. The van der Waals surface area contributed by atoms with Gasteiger partial charge in [0, 0.05) is 22.3 Å². The highest BCUT2D eigenvalue weighted by Gasteiger charge is 2.15. The van der Waals surface area contributed by atoms with E-state index >= 15 is 0 Å². The number of nitrogens with one attached hydrogen (secondary N) is 1. The highest BCUT2D eigenvalue weighted by Crippen LogP contribution is 2.25. The van der Waals surface area contributed by atoms with Gasteiger partial charge in [-0.15, -0.1) is 16.8 Å². The van der Waals surface area contributed by atoms with Crippen LogP contribution in [0.5, 0.6) is 0 Å². The minimum absolute atomic E-state index is 0.0861. The van der Waals surface area contributed by atoms with Crippen LogP contribution >= 0.6 is 27.7 Å². The van der Waals surface area contributed by atoms with E-state index in [1.165, 1.54) is 11.8 Å². The number of benzene rings is 2. The van der Waals surface area contributed by atoms with Crippen LogP contribution in [-0.2, 0) is 11.3 Å². The van der Waals surface area contributed by atoms with Crippen molar-refractivity contribution in [2.75, 3.05) is 11.1 Å². The summed E-state index contributed by atoms with van der Waals surface area (Å²) in [5.41, 5.74) is 4.00. The summed E-state index contributed by atoms with van der Waals surface area (Å²) in [6.45, 7) is 8.43. The number of aryl methyl sites for hydroxylation is 2. The number of halogens is 1. The third kappa shape index (κ3) is 4.91. The van der Waals surface area contributed by atoms with Crippen LogP contribution in [0.1, 0.15) is 11.1 Å². The summed E-state index contributed by atoms with van der Waals surface area (Å²) in [5.74, 6) is 0.935. The van der Waals surface area contributed by atoms with Crippen LogP contribution in [0.4, 0.5) is 5.69 Å². The molecule has 7 heteroatoms. The molecule has 1 amide bonds. The van der Waals surface area contributed by atoms with Crippen LogP contribution in [0.25, 0.3) is 11.4 Å². The third-order valence-electron chi connectivity index (χ3n) is 4.08. The summed E-state index contributed by atoms with van der Waals surface area (Å²) >= 11 is 4.82. The van der Waals surface area contributed by atoms with Crippen molar-refractivity contribution in [3.05, 3.63) is 70.7 Å². The number of amides is 1. The fraction of sp³-hybridized carbons (Fsp3) is 0.190. The van der Waals surface area contributed by atoms with Crippen molar-refractivity contribution in [1.82, 2.24) is 14.8 Å². The van der Waals surface area contributed by atoms with Crippen molar-refractivity contribution < 1.29 is 4.79 Å². The predicted molar refractivity (Wildman–Crippen MR) is 119 cm³/mol. The van der Waals surface area contributed by atoms with Gasteiger partial charge in [0.15, 0.2) is 11.0 Å². The topological polar surface area (TPSA) is 59.8 Å². The molecule has 28 heavy (non-hydrogen) atoms. The smallest absolute Gasteiger partial charge is 0.234 e. The van der Waals surface area contributed by atoms with E-state index in [0.717, 1.165) is 32.7 Å². The largest absolute Gasteiger partial charge is 0.325 e. The number of allylic oxidation sites excluding steroid dienone is 1. The molecule has 3 rings (SSSR count). The maximum absolute atomic E-state index is 12.4. The van der Waals surface area contributed by atoms with Crippen LogP contribution in [0.3, 0.4) is 0 Å². The number of hydrogen-bond acceptors (Lipinski definition) is 4. The Morgan fingerprint density at radius 3 is 2.79 bits per heavy atom. The molecule has 0 saturated heterocycles. The quantitative estimate of drug-likeness (QED) is 0.389. The molecule has 1 aromatic heterocycles. The number of nitrogens with zero attached hydrogens (tertiary/aromatic N) is 3. The number of hydrogen-bond donors (Lipinski definition) is 1. The summed E-state index contributed by atoms with van der Waals surface area (Å²) in [6, 6.07) is 13.8. The molecule has 0 radical (unpaired) electrons. The SMILES string of the molecule is C=CCn1c(SCC(=O)Nc2ccc(Br)c(C)c2)nnc1-c1cccc(C)c1. The number of rotatable bonds is 7. The van der Waals surface area contributed by atoms with Crippen molar-refractivity contribution in [3.63, 3.8) is 0 Å². The molecule has 0 unspecified atom stereocenters. The number of anilines is 1. The van der Waals surface area contributed by atoms with Crippen molar-refractivity contribution in [1.29, 1.82) is 0 Å². The number of carbonyl (C=O) groups is 1. The Labute approximate surface area is 177 Å². The van der Waals surface area contributed by atoms with Crippen molar-refractivity contribution in [2.24, 2.45) is 0 Å². The minimum Gasteiger partial charge on any atom is -0.325 e. The van der Waals surface area contributed by atoms with Gasteiger partial charge < -0.3 is 5.32 Å². The average molecular weight is 457 g/mol. The summed E-state index contributed by atoms with van der Waals surface area (Å²) in [6.07, 6.45) is 1.80. The number of thioether (sulfide) groups is 1. The molecule has 0 aliphatic heterocycles. The zero-order chi connectivity index (χ0) is 20.1. The van der Waals surface area contributed by atoms with Gasteiger partial charge in [-0.05, 0) is 43.7 Å². The predicted octanol–water partition coefficient (Wildman–Crippen LogP) is 5.24. The normalized spacial score (nSPS) is 10.7. The lowest BCUT2D eigenvalue weighted by Gasteiger charge is -2.09. The summed E-state index contributed by atoms with van der Waals surface area (Å²) in [5, 5.41) is 12.2. The second kappa shape index (κ2) is 9.21. The summed E-state index contributed by atoms with van der Waals surface area (Å²) in [7, 11) is 0. The maximum Gasteiger partial charge on any atom is 0.234 e. The van der Waals surface area contributed by atoms with Gasteiger partial charge in [0.1, 0.15) is 0 Å². The molecule has 0 atom stereocenters. The Bertz CT molecular complexity index is 1020. The van der Waals surface area contributed by atoms with Crippen LogP contribution in [0.15, 0.2) is 64.7 Å². The molecule has 3 aromatic rings. The highest BCUT2D eigenvalue weighted by molar-refractivity contribution is 9.10. The fourth-order valence-electron chi connectivity index (χ4n) is 2.74. The molecule has 0 saturated carbocycles. The third-order valence-corrected chi connectivity index (χ3v) is 5.94. The average Bonchev–Trinajstić information content (AvgIpc) is 3.06. The first-order valence-corrected chi connectivity index (χ1v) is 10.6. The molecule has 0 aliphatic carbocycles. The van der Waals surface area contributed by atoms with E-state index in [1.807, 2.05) is 54.8 Å². The van der Waals surface area contributed by atoms with Crippen molar-refractivity contribution >= 4 is 39.3 Å². The van der Waals surface area contributed by atoms with Crippen LogP contribution in [0.2, 0.25) is 0 Å². The van der Waals surface area contributed by atoms with Gasteiger partial charge in [-0.3, -0.25) is 9.36 Å². The lowest BCUT2D eigenvalue weighted by atomic mass is 10.1. The van der Waals surface area contributed by atoms with Gasteiger partial charge in [-0.25, -0.2) is 0 Å². The van der Waals surface area contributed by atoms with Crippen LogP contribution < -0.4 is 5.32 Å². The van der Waals surface area contributed by atoms with Gasteiger partial charge in [-0.2, -0.15) is 0 Å². The van der Waals surface area contributed by atoms with Gasteiger partial charge >= 0.3 is 0 Å². The van der Waals surface area contributed by atoms with Crippen LogP contribution in [0, 0.1) is 13.8 Å². The van der Waals surface area contributed by atoms with E-state index in [9.17, 15) is 4.79 Å². The summed E-state index contributed by atoms with van der Waals surface area (Å²) < 4.78 is 2.99. The molecule has 1 heterocycles. The van der Waals surface area contributed by atoms with Gasteiger partial charge in [-0.1, -0.05) is 57.5 Å². The first kappa shape index (κ1) is 20.4. The molecule has 5 nitrogen and oxygen atoms in total. The Morgan fingerprint density at radius 2 is 2.07 bits per heavy atom. The molecule has 1 N–H and O–H groups in total. The van der Waals surface area contributed by atoms with Gasteiger partial charge in [0.25, 0.3) is 0 Å². The molecule has 2 aromatic carbocycles. The summed E-state index contributed by atoms with van der Waals surface area (Å²) in [4.78, 5) is 12.4. The number of carbonyl (C=O) groups excluding carboxylic acids is 1. The number of aromatic nitrogens is 3. The monoisotopic (exact) mass is 456 g/mol. The molecular formula is C21H21BrN4OS. The standard InChI is InChI=1S/C21H21BrN4OS/c1-4-10-26-20(16-7-5-6-14(2)11-16)24-25-21(26)28-13-19(27)23-17-8-9-18(22)15(3)12-17/h4-9,11-12H,1,10,13H2,2-3H3,(H,23,27). The minimum atomic E-state index is -0.0861. The molecule has 0 fully saturated rings. The zero-order valence-corrected chi connectivity index (χ0v) is 18.2. The molecule has 0 spiro atoms. The Hall–Kier alpha value is -2.38. The first-order chi connectivity index (χ1) is 13.5. The maximum atomic E-state index is 12.4. The van der Waals surface area contributed by atoms with Crippen molar-refractivity contribution in [3.8, 4) is 11.4 Å². The van der Waals surface area contributed by atoms with E-state index in [-0.39, 0.29) is 11.7 Å². The van der Waals surface area contributed by atoms with Crippen LogP contribution in [-0.4, -0.2) is 26.4 Å². The van der Waals surface area contributed by atoms with Gasteiger partial charge in [0.2, 0.25) is 5.91 Å². The lowest BCUT2D eigenvalue weighted by molar-refractivity contribution is -0.113.